The number of aromatic nitrogens is 1. The van der Waals surface area contributed by atoms with Gasteiger partial charge in [0.2, 0.25) is 11.8 Å². The molecule has 0 unspecified atom stereocenters. The van der Waals surface area contributed by atoms with Gasteiger partial charge in [-0.15, -0.1) is 0 Å². The van der Waals surface area contributed by atoms with Crippen molar-refractivity contribution in [2.45, 2.75) is 43.3 Å². The molecular weight excluding hydrogens is 409 g/mol. The predicted octanol–water partition coefficient (Wildman–Crippen LogP) is 2.77. The molecule has 31 heavy (non-hydrogen) atoms. The molecule has 0 bridgehead atoms. The summed E-state index contributed by atoms with van der Waals surface area (Å²) >= 11 is 0. The van der Waals surface area contributed by atoms with Crippen LogP contribution in [0.15, 0.2) is 42.7 Å². The van der Waals surface area contributed by atoms with Crippen molar-refractivity contribution in [2.24, 2.45) is 5.73 Å². The van der Waals surface area contributed by atoms with Crippen molar-refractivity contribution in [3.8, 4) is 0 Å². The van der Waals surface area contributed by atoms with Crippen LogP contribution in [0.1, 0.15) is 41.9 Å². The van der Waals surface area contributed by atoms with Crippen molar-refractivity contribution in [1.82, 2.24) is 10.3 Å². The number of benzene rings is 1. The standard InChI is InChI=1S/C22H23F3N4O2/c23-22(24,25)17-10-18(12-27-11-17)29-8-7-21(13-29,20(26)31)28-19(30)9-14-1-3-15(4-2-14)16-5-6-16/h1-4,10-12,16H,5-9,13H2,(H2,26,31)(H,28,30)/t21-/m1/s1. The van der Waals surface area contributed by atoms with E-state index in [-0.39, 0.29) is 37.5 Å². The topological polar surface area (TPSA) is 88.3 Å². The van der Waals surface area contributed by atoms with E-state index in [4.69, 9.17) is 5.73 Å². The number of carbonyl (C=O) groups excluding carboxylic acids is 2. The van der Waals surface area contributed by atoms with Gasteiger partial charge in [-0.2, -0.15) is 13.2 Å². The second-order valence-electron chi connectivity index (χ2n) is 8.29. The fourth-order valence-corrected chi connectivity index (χ4v) is 3.97. The number of carbonyl (C=O) groups is 2. The number of nitrogens with two attached hydrogens (primary N) is 1. The molecule has 1 aliphatic heterocycles. The molecule has 1 aliphatic carbocycles. The third-order valence-electron chi connectivity index (χ3n) is 5.93. The number of amides is 2. The Morgan fingerprint density at radius 2 is 1.90 bits per heavy atom. The van der Waals surface area contributed by atoms with E-state index in [0.717, 1.165) is 17.8 Å². The largest absolute Gasteiger partial charge is 0.417 e. The van der Waals surface area contributed by atoms with Gasteiger partial charge in [-0.1, -0.05) is 24.3 Å². The van der Waals surface area contributed by atoms with Crippen molar-refractivity contribution < 1.29 is 22.8 Å². The highest BCUT2D eigenvalue weighted by molar-refractivity contribution is 5.92. The Balaban J connectivity index is 1.44. The van der Waals surface area contributed by atoms with E-state index < -0.39 is 23.2 Å². The second kappa shape index (κ2) is 7.86. The third-order valence-corrected chi connectivity index (χ3v) is 5.93. The van der Waals surface area contributed by atoms with Crippen LogP contribution in [-0.4, -0.2) is 35.4 Å². The van der Waals surface area contributed by atoms with E-state index in [1.54, 1.807) is 4.90 Å². The van der Waals surface area contributed by atoms with Crippen molar-refractivity contribution in [3.05, 3.63) is 59.4 Å². The lowest BCUT2D eigenvalue weighted by atomic mass is 9.96. The summed E-state index contributed by atoms with van der Waals surface area (Å²) in [5, 5.41) is 2.74. The maximum atomic E-state index is 13.0. The number of primary amides is 1. The van der Waals surface area contributed by atoms with E-state index in [2.05, 4.69) is 10.3 Å². The van der Waals surface area contributed by atoms with E-state index >= 15 is 0 Å². The number of alkyl halides is 3. The molecule has 1 aromatic heterocycles. The number of nitrogens with zero attached hydrogens (tertiary/aromatic N) is 2. The molecule has 2 amide bonds. The zero-order chi connectivity index (χ0) is 22.2. The zero-order valence-corrected chi connectivity index (χ0v) is 16.8. The fraction of sp³-hybridized carbons (Fsp3) is 0.409. The van der Waals surface area contributed by atoms with Crippen LogP contribution in [0.4, 0.5) is 18.9 Å². The average molecular weight is 432 g/mol. The minimum atomic E-state index is -4.52. The summed E-state index contributed by atoms with van der Waals surface area (Å²) in [6, 6.07) is 8.82. The van der Waals surface area contributed by atoms with E-state index in [1.807, 2.05) is 24.3 Å². The van der Waals surface area contributed by atoms with Crippen molar-refractivity contribution >= 4 is 17.5 Å². The molecule has 3 N–H and O–H groups in total. The Bertz CT molecular complexity index is 989. The van der Waals surface area contributed by atoms with E-state index in [1.165, 1.54) is 24.6 Å². The van der Waals surface area contributed by atoms with Gasteiger partial charge in [0.05, 0.1) is 30.4 Å². The Morgan fingerprint density at radius 1 is 1.19 bits per heavy atom. The molecule has 1 saturated carbocycles. The molecule has 1 atom stereocenters. The highest BCUT2D eigenvalue weighted by Gasteiger charge is 2.45. The van der Waals surface area contributed by atoms with Gasteiger partial charge in [-0.25, -0.2) is 0 Å². The molecule has 9 heteroatoms. The molecule has 164 valence electrons. The minimum absolute atomic E-state index is 0.0162. The summed E-state index contributed by atoms with van der Waals surface area (Å²) in [5.74, 6) is -0.454. The first-order chi connectivity index (χ1) is 14.7. The average Bonchev–Trinajstić information content (AvgIpc) is 3.48. The van der Waals surface area contributed by atoms with Gasteiger partial charge in [-0.3, -0.25) is 14.6 Å². The molecule has 4 rings (SSSR count). The zero-order valence-electron chi connectivity index (χ0n) is 16.8. The summed E-state index contributed by atoms with van der Waals surface area (Å²) in [6.45, 7) is 0.250. The number of anilines is 1. The predicted molar refractivity (Wildman–Crippen MR) is 108 cm³/mol. The van der Waals surface area contributed by atoms with Gasteiger partial charge in [-0.05, 0) is 42.4 Å². The molecule has 2 aliphatic rings. The molecule has 6 nitrogen and oxygen atoms in total. The van der Waals surface area contributed by atoms with Crippen LogP contribution in [0.5, 0.6) is 0 Å². The molecular formula is C22H23F3N4O2. The number of rotatable bonds is 6. The summed E-state index contributed by atoms with van der Waals surface area (Å²) < 4.78 is 39.0. The van der Waals surface area contributed by atoms with Gasteiger partial charge in [0.25, 0.3) is 0 Å². The molecule has 0 radical (unpaired) electrons. The monoisotopic (exact) mass is 432 g/mol. The van der Waals surface area contributed by atoms with Crippen LogP contribution in [0.25, 0.3) is 0 Å². The number of pyridine rings is 1. The van der Waals surface area contributed by atoms with Crippen LogP contribution in [0.2, 0.25) is 0 Å². The Kier molecular flexibility index (Phi) is 5.36. The lowest BCUT2D eigenvalue weighted by Gasteiger charge is -2.28. The van der Waals surface area contributed by atoms with Crippen LogP contribution < -0.4 is 16.0 Å². The lowest BCUT2D eigenvalue weighted by molar-refractivity contribution is -0.137. The fourth-order valence-electron chi connectivity index (χ4n) is 3.97. The smallest absolute Gasteiger partial charge is 0.368 e. The summed E-state index contributed by atoms with van der Waals surface area (Å²) in [7, 11) is 0. The van der Waals surface area contributed by atoms with Gasteiger partial charge in [0, 0.05) is 12.7 Å². The van der Waals surface area contributed by atoms with Crippen LogP contribution in [0.3, 0.4) is 0 Å². The van der Waals surface area contributed by atoms with Crippen molar-refractivity contribution in [3.63, 3.8) is 0 Å². The van der Waals surface area contributed by atoms with Crippen LogP contribution >= 0.6 is 0 Å². The summed E-state index contributed by atoms with van der Waals surface area (Å²) in [6.07, 6.45) is 0.202. The molecule has 1 aromatic carbocycles. The normalized spacial score (nSPS) is 21.2. The van der Waals surface area contributed by atoms with E-state index in [9.17, 15) is 22.8 Å². The Hall–Kier alpha value is -3.10. The van der Waals surface area contributed by atoms with Gasteiger partial charge in [0.15, 0.2) is 0 Å². The first-order valence-electron chi connectivity index (χ1n) is 10.1. The quantitative estimate of drug-likeness (QED) is 0.735. The highest BCUT2D eigenvalue weighted by Crippen LogP contribution is 2.40. The Labute approximate surface area is 177 Å². The summed E-state index contributed by atoms with van der Waals surface area (Å²) in [5.41, 5.74) is 5.68. The Morgan fingerprint density at radius 3 is 2.52 bits per heavy atom. The second-order valence-corrected chi connectivity index (χ2v) is 8.29. The van der Waals surface area contributed by atoms with Crippen LogP contribution in [-0.2, 0) is 22.2 Å². The molecule has 2 aromatic rings. The van der Waals surface area contributed by atoms with Gasteiger partial charge in [0.1, 0.15) is 5.54 Å². The minimum Gasteiger partial charge on any atom is -0.368 e. The number of hydrogen-bond donors (Lipinski definition) is 2. The first kappa shape index (κ1) is 21.1. The molecule has 1 saturated heterocycles. The number of nitrogens with one attached hydrogen (secondary N) is 1. The van der Waals surface area contributed by atoms with Crippen LogP contribution in [0, 0.1) is 0 Å². The number of hydrogen-bond acceptors (Lipinski definition) is 4. The SMILES string of the molecule is NC(=O)[C@@]1(NC(=O)Cc2ccc(C3CC3)cc2)CCN(c2cncc(C(F)(F)F)c2)C1. The molecule has 2 heterocycles. The van der Waals surface area contributed by atoms with E-state index in [0.29, 0.717) is 5.92 Å². The van der Waals surface area contributed by atoms with Crippen molar-refractivity contribution in [2.75, 3.05) is 18.0 Å². The van der Waals surface area contributed by atoms with Gasteiger partial charge < -0.3 is 16.0 Å². The third kappa shape index (κ3) is 4.65. The molecule has 2 fully saturated rings. The van der Waals surface area contributed by atoms with Gasteiger partial charge >= 0.3 is 6.18 Å². The maximum absolute atomic E-state index is 13.0. The maximum Gasteiger partial charge on any atom is 0.417 e. The lowest BCUT2D eigenvalue weighted by Crippen LogP contribution is -2.59. The first-order valence-corrected chi connectivity index (χ1v) is 10.1. The summed E-state index contributed by atoms with van der Waals surface area (Å²) in [4.78, 5) is 30.1. The molecule has 0 spiro atoms. The van der Waals surface area contributed by atoms with Crippen molar-refractivity contribution in [1.29, 1.82) is 0 Å². The number of halogens is 3. The highest BCUT2D eigenvalue weighted by atomic mass is 19.4.